The average Bonchev–Trinajstić information content (AvgIpc) is 3.39. The Balaban J connectivity index is 1.49. The van der Waals surface area contributed by atoms with E-state index >= 15 is 0 Å². The van der Waals surface area contributed by atoms with Gasteiger partial charge in [-0.15, -0.1) is 0 Å². The van der Waals surface area contributed by atoms with Gasteiger partial charge in [0.2, 0.25) is 5.95 Å². The number of benzene rings is 1. The van der Waals surface area contributed by atoms with Crippen molar-refractivity contribution < 1.29 is 0 Å². The minimum atomic E-state index is 0.567. The van der Waals surface area contributed by atoms with Crippen LogP contribution in [0.15, 0.2) is 24.3 Å². The van der Waals surface area contributed by atoms with Gasteiger partial charge in [0.05, 0.1) is 0 Å². The van der Waals surface area contributed by atoms with Gasteiger partial charge in [0, 0.05) is 41.6 Å². The summed E-state index contributed by atoms with van der Waals surface area (Å²) in [6.07, 6.45) is 5.99. The SMILES string of the molecule is CCCc1cc(N2CC[C@H](NCC3CC3)C2)nc(Nc2ccc(C)c(Cl)c2)n1. The molecule has 2 aliphatic rings. The van der Waals surface area contributed by atoms with Crippen molar-refractivity contribution in [3.05, 3.63) is 40.5 Å². The van der Waals surface area contributed by atoms with Crippen LogP contribution in [0.4, 0.5) is 17.5 Å². The van der Waals surface area contributed by atoms with Crippen molar-refractivity contribution in [1.29, 1.82) is 0 Å². The van der Waals surface area contributed by atoms with Gasteiger partial charge in [0.15, 0.2) is 0 Å². The fourth-order valence-corrected chi connectivity index (χ4v) is 3.86. The van der Waals surface area contributed by atoms with Gasteiger partial charge in [-0.25, -0.2) is 4.98 Å². The molecule has 1 saturated carbocycles. The predicted molar refractivity (Wildman–Crippen MR) is 117 cm³/mol. The normalized spacial score (nSPS) is 19.2. The summed E-state index contributed by atoms with van der Waals surface area (Å²) in [5.41, 5.74) is 3.07. The van der Waals surface area contributed by atoms with Gasteiger partial charge in [0.25, 0.3) is 0 Å². The van der Waals surface area contributed by atoms with Crippen molar-refractivity contribution >= 4 is 29.1 Å². The lowest BCUT2D eigenvalue weighted by atomic mass is 10.2. The van der Waals surface area contributed by atoms with E-state index in [-0.39, 0.29) is 0 Å². The molecule has 0 unspecified atom stereocenters. The van der Waals surface area contributed by atoms with E-state index in [9.17, 15) is 0 Å². The summed E-state index contributed by atoms with van der Waals surface area (Å²) in [6, 6.07) is 8.68. The van der Waals surface area contributed by atoms with E-state index in [1.165, 1.54) is 25.8 Å². The zero-order valence-corrected chi connectivity index (χ0v) is 17.6. The molecule has 0 spiro atoms. The van der Waals surface area contributed by atoms with Crippen LogP contribution in [-0.2, 0) is 6.42 Å². The third kappa shape index (κ3) is 4.95. The van der Waals surface area contributed by atoms with Gasteiger partial charge in [-0.05, 0) is 62.8 Å². The van der Waals surface area contributed by atoms with E-state index in [1.54, 1.807) is 0 Å². The molecule has 6 heteroatoms. The van der Waals surface area contributed by atoms with Gasteiger partial charge in [-0.2, -0.15) is 4.98 Å². The number of aromatic nitrogens is 2. The number of anilines is 3. The Morgan fingerprint density at radius 3 is 2.79 bits per heavy atom. The maximum Gasteiger partial charge on any atom is 0.229 e. The van der Waals surface area contributed by atoms with Gasteiger partial charge in [-0.3, -0.25) is 0 Å². The molecule has 0 radical (unpaired) electrons. The van der Waals surface area contributed by atoms with Gasteiger partial charge in [-0.1, -0.05) is 31.0 Å². The van der Waals surface area contributed by atoms with Gasteiger partial charge >= 0.3 is 0 Å². The summed E-state index contributed by atoms with van der Waals surface area (Å²) in [5.74, 6) is 2.59. The smallest absolute Gasteiger partial charge is 0.229 e. The van der Waals surface area contributed by atoms with E-state index in [0.29, 0.717) is 12.0 Å². The maximum atomic E-state index is 6.27. The highest BCUT2D eigenvalue weighted by molar-refractivity contribution is 6.31. The highest BCUT2D eigenvalue weighted by atomic mass is 35.5. The van der Waals surface area contributed by atoms with Crippen LogP contribution in [0.1, 0.15) is 43.9 Å². The van der Waals surface area contributed by atoms with Crippen LogP contribution in [0, 0.1) is 12.8 Å². The number of hydrogen-bond donors (Lipinski definition) is 2. The first kappa shape index (κ1) is 19.5. The third-order valence-electron chi connectivity index (χ3n) is 5.60. The first-order valence-electron chi connectivity index (χ1n) is 10.5. The molecule has 1 aliphatic carbocycles. The van der Waals surface area contributed by atoms with Crippen LogP contribution in [0.2, 0.25) is 5.02 Å². The summed E-state index contributed by atoms with van der Waals surface area (Å²) in [6.45, 7) is 7.42. The first-order chi connectivity index (χ1) is 13.6. The molecule has 2 fully saturated rings. The zero-order chi connectivity index (χ0) is 19.5. The highest BCUT2D eigenvalue weighted by Gasteiger charge is 2.27. The highest BCUT2D eigenvalue weighted by Crippen LogP contribution is 2.29. The molecule has 1 saturated heterocycles. The van der Waals surface area contributed by atoms with Crippen molar-refractivity contribution in [1.82, 2.24) is 15.3 Å². The number of hydrogen-bond acceptors (Lipinski definition) is 5. The fourth-order valence-electron chi connectivity index (χ4n) is 3.68. The van der Waals surface area contributed by atoms with Crippen molar-refractivity contribution in [3.63, 3.8) is 0 Å². The number of nitrogens with one attached hydrogen (secondary N) is 2. The molecule has 2 aromatic rings. The van der Waals surface area contributed by atoms with E-state index in [1.807, 2.05) is 25.1 Å². The Morgan fingerprint density at radius 1 is 1.18 bits per heavy atom. The quantitative estimate of drug-likeness (QED) is 0.673. The van der Waals surface area contributed by atoms with Crippen LogP contribution in [0.25, 0.3) is 0 Å². The van der Waals surface area contributed by atoms with E-state index in [4.69, 9.17) is 21.6 Å². The second-order valence-corrected chi connectivity index (χ2v) is 8.57. The Morgan fingerprint density at radius 2 is 2.04 bits per heavy atom. The molecule has 1 aromatic carbocycles. The number of aryl methyl sites for hydroxylation is 2. The summed E-state index contributed by atoms with van der Waals surface area (Å²) < 4.78 is 0. The molecule has 5 nitrogen and oxygen atoms in total. The van der Waals surface area contributed by atoms with E-state index < -0.39 is 0 Å². The summed E-state index contributed by atoms with van der Waals surface area (Å²) in [4.78, 5) is 11.9. The molecule has 2 heterocycles. The van der Waals surface area contributed by atoms with Crippen LogP contribution >= 0.6 is 11.6 Å². The molecular formula is C22H30ClN5. The second-order valence-electron chi connectivity index (χ2n) is 8.16. The van der Waals surface area contributed by atoms with Gasteiger partial charge < -0.3 is 15.5 Å². The largest absolute Gasteiger partial charge is 0.355 e. The van der Waals surface area contributed by atoms with E-state index in [2.05, 4.69) is 28.5 Å². The summed E-state index contributed by atoms with van der Waals surface area (Å²) in [5, 5.41) is 7.83. The standard InChI is InChI=1S/C22H30ClN5/c1-3-4-17-12-21(28-10-9-19(14-28)24-13-16-6-7-16)27-22(25-17)26-18-8-5-15(2)20(23)11-18/h5,8,11-12,16,19,24H,3-4,6-7,9-10,13-14H2,1-2H3,(H,25,26,27)/t19-/m0/s1. The lowest BCUT2D eigenvalue weighted by Gasteiger charge is -2.20. The molecule has 4 rings (SSSR count). The van der Waals surface area contributed by atoms with Gasteiger partial charge in [0.1, 0.15) is 5.82 Å². The molecule has 1 atom stereocenters. The lowest BCUT2D eigenvalue weighted by molar-refractivity contribution is 0.530. The third-order valence-corrected chi connectivity index (χ3v) is 6.01. The second kappa shape index (κ2) is 8.66. The molecule has 150 valence electrons. The van der Waals surface area contributed by atoms with Crippen molar-refractivity contribution in [2.75, 3.05) is 29.9 Å². The molecule has 2 N–H and O–H groups in total. The van der Waals surface area contributed by atoms with E-state index in [0.717, 1.165) is 59.6 Å². The number of nitrogens with zero attached hydrogens (tertiary/aromatic N) is 3. The molecule has 1 aliphatic heterocycles. The maximum absolute atomic E-state index is 6.27. The molecule has 0 amide bonds. The number of rotatable bonds is 8. The average molecular weight is 400 g/mol. The first-order valence-corrected chi connectivity index (χ1v) is 10.9. The summed E-state index contributed by atoms with van der Waals surface area (Å²) >= 11 is 6.27. The summed E-state index contributed by atoms with van der Waals surface area (Å²) in [7, 11) is 0. The fraction of sp³-hybridized carbons (Fsp3) is 0.545. The zero-order valence-electron chi connectivity index (χ0n) is 16.8. The minimum Gasteiger partial charge on any atom is -0.355 e. The van der Waals surface area contributed by atoms with Crippen LogP contribution in [0.3, 0.4) is 0 Å². The molecule has 0 bridgehead atoms. The lowest BCUT2D eigenvalue weighted by Crippen LogP contribution is -2.34. The van der Waals surface area contributed by atoms with Crippen molar-refractivity contribution in [2.45, 2.75) is 52.0 Å². The Bertz CT molecular complexity index is 821. The topological polar surface area (TPSA) is 53.1 Å². The van der Waals surface area contributed by atoms with Crippen LogP contribution in [0.5, 0.6) is 0 Å². The number of halogens is 1. The van der Waals surface area contributed by atoms with Crippen LogP contribution in [-0.4, -0.2) is 35.6 Å². The minimum absolute atomic E-state index is 0.567. The van der Waals surface area contributed by atoms with Crippen molar-refractivity contribution in [2.24, 2.45) is 5.92 Å². The Hall–Kier alpha value is -1.85. The Labute approximate surface area is 172 Å². The predicted octanol–water partition coefficient (Wildman–Crippen LogP) is 4.71. The molecular weight excluding hydrogens is 370 g/mol. The molecule has 28 heavy (non-hydrogen) atoms. The van der Waals surface area contributed by atoms with Crippen molar-refractivity contribution in [3.8, 4) is 0 Å². The van der Waals surface area contributed by atoms with Crippen LogP contribution < -0.4 is 15.5 Å². The Kier molecular flexibility index (Phi) is 6.02. The monoisotopic (exact) mass is 399 g/mol. The molecule has 1 aromatic heterocycles.